The Bertz CT molecular complexity index is 597. The maximum atomic E-state index is 11.8. The van der Waals surface area contributed by atoms with Gasteiger partial charge in [0.05, 0.1) is 11.5 Å². The molecule has 1 saturated heterocycles. The van der Waals surface area contributed by atoms with Crippen LogP contribution in [0.15, 0.2) is 18.2 Å². The van der Waals surface area contributed by atoms with Crippen molar-refractivity contribution in [2.75, 3.05) is 23.4 Å². The van der Waals surface area contributed by atoms with Crippen molar-refractivity contribution in [1.82, 2.24) is 0 Å². The van der Waals surface area contributed by atoms with Crippen LogP contribution in [-0.2, 0) is 16.3 Å². The number of anilines is 1. The van der Waals surface area contributed by atoms with Crippen molar-refractivity contribution in [3.63, 3.8) is 0 Å². The minimum absolute atomic E-state index is 0.122. The van der Waals surface area contributed by atoms with Crippen molar-refractivity contribution < 1.29 is 13.2 Å². The standard InChI is InChI=1S/C14H19NO3S/c1-14(7-3-9-19(16,17)10-14)18-13-5-2-4-12-11(13)6-8-15-12/h2,4-5,15H,3,6-10H2,1H3. The van der Waals surface area contributed by atoms with E-state index in [2.05, 4.69) is 5.32 Å². The second-order valence-electron chi connectivity index (χ2n) is 5.71. The zero-order valence-corrected chi connectivity index (χ0v) is 11.9. The highest BCUT2D eigenvalue weighted by Gasteiger charge is 2.37. The number of sulfone groups is 1. The summed E-state index contributed by atoms with van der Waals surface area (Å²) in [5, 5.41) is 3.31. The van der Waals surface area contributed by atoms with E-state index in [9.17, 15) is 8.42 Å². The molecule has 0 saturated carbocycles. The summed E-state index contributed by atoms with van der Waals surface area (Å²) in [7, 11) is -2.97. The van der Waals surface area contributed by atoms with Gasteiger partial charge in [-0.2, -0.15) is 0 Å². The smallest absolute Gasteiger partial charge is 0.154 e. The van der Waals surface area contributed by atoms with Gasteiger partial charge in [-0.3, -0.25) is 0 Å². The largest absolute Gasteiger partial charge is 0.486 e. The second kappa shape index (κ2) is 4.40. The first kappa shape index (κ1) is 12.8. The van der Waals surface area contributed by atoms with Gasteiger partial charge in [-0.15, -0.1) is 0 Å². The summed E-state index contributed by atoms with van der Waals surface area (Å²) in [6.45, 7) is 2.83. The molecular weight excluding hydrogens is 262 g/mol. The molecule has 0 amide bonds. The van der Waals surface area contributed by atoms with Gasteiger partial charge in [0.2, 0.25) is 0 Å². The van der Waals surface area contributed by atoms with Gasteiger partial charge in [0.1, 0.15) is 11.4 Å². The van der Waals surface area contributed by atoms with E-state index in [4.69, 9.17) is 4.74 Å². The zero-order valence-electron chi connectivity index (χ0n) is 11.1. The molecule has 104 valence electrons. The summed E-state index contributed by atoms with van der Waals surface area (Å²) in [4.78, 5) is 0. The van der Waals surface area contributed by atoms with Crippen LogP contribution in [0.3, 0.4) is 0 Å². The lowest BCUT2D eigenvalue weighted by Crippen LogP contribution is -2.44. The van der Waals surface area contributed by atoms with E-state index < -0.39 is 15.4 Å². The van der Waals surface area contributed by atoms with Gasteiger partial charge >= 0.3 is 0 Å². The van der Waals surface area contributed by atoms with Crippen LogP contribution in [0.25, 0.3) is 0 Å². The number of hydrogen-bond acceptors (Lipinski definition) is 4. The molecule has 0 aliphatic carbocycles. The van der Waals surface area contributed by atoms with Gasteiger partial charge in [-0.05, 0) is 38.3 Å². The third kappa shape index (κ3) is 2.56. The van der Waals surface area contributed by atoms with Crippen LogP contribution in [0.5, 0.6) is 5.75 Å². The molecule has 1 N–H and O–H groups in total. The molecule has 2 aliphatic heterocycles. The zero-order chi connectivity index (χ0) is 13.5. The van der Waals surface area contributed by atoms with Gasteiger partial charge in [-0.1, -0.05) is 6.07 Å². The molecule has 4 nitrogen and oxygen atoms in total. The van der Waals surface area contributed by atoms with Crippen molar-refractivity contribution in [3.8, 4) is 5.75 Å². The monoisotopic (exact) mass is 281 g/mol. The number of ether oxygens (including phenoxy) is 1. The van der Waals surface area contributed by atoms with Crippen molar-refractivity contribution in [2.45, 2.75) is 31.8 Å². The third-order valence-electron chi connectivity index (χ3n) is 3.87. The lowest BCUT2D eigenvalue weighted by atomic mass is 10.0. The molecule has 19 heavy (non-hydrogen) atoms. The summed E-state index contributed by atoms with van der Waals surface area (Å²) in [6, 6.07) is 5.93. The summed E-state index contributed by atoms with van der Waals surface area (Å²) < 4.78 is 29.7. The highest BCUT2D eigenvalue weighted by molar-refractivity contribution is 7.91. The molecule has 0 radical (unpaired) electrons. The second-order valence-corrected chi connectivity index (χ2v) is 7.89. The fourth-order valence-corrected chi connectivity index (χ4v) is 4.89. The van der Waals surface area contributed by atoms with E-state index in [0.717, 1.165) is 30.8 Å². The molecule has 5 heteroatoms. The normalized spacial score (nSPS) is 28.5. The summed E-state index contributed by atoms with van der Waals surface area (Å²) in [5.41, 5.74) is 1.70. The minimum Gasteiger partial charge on any atom is -0.486 e. The number of hydrogen-bond donors (Lipinski definition) is 1. The van der Waals surface area contributed by atoms with Crippen molar-refractivity contribution in [1.29, 1.82) is 0 Å². The lowest BCUT2D eigenvalue weighted by Gasteiger charge is -2.34. The van der Waals surface area contributed by atoms with Gasteiger partial charge in [0.15, 0.2) is 9.84 Å². The maximum absolute atomic E-state index is 11.8. The Balaban J connectivity index is 1.87. The third-order valence-corrected chi connectivity index (χ3v) is 5.83. The molecule has 1 unspecified atom stereocenters. The first-order valence-corrected chi connectivity index (χ1v) is 8.55. The highest BCUT2D eigenvalue weighted by Crippen LogP contribution is 2.35. The van der Waals surface area contributed by atoms with Crippen LogP contribution >= 0.6 is 0 Å². The predicted molar refractivity (Wildman–Crippen MR) is 75.6 cm³/mol. The number of nitrogens with one attached hydrogen (secondary N) is 1. The molecule has 0 bridgehead atoms. The fourth-order valence-electron chi connectivity index (χ4n) is 3.03. The SMILES string of the molecule is CC1(Oc2cccc3c2CCN3)CCCS(=O)(=O)C1. The van der Waals surface area contributed by atoms with Gasteiger partial charge in [0, 0.05) is 17.8 Å². The van der Waals surface area contributed by atoms with E-state index >= 15 is 0 Å². The molecule has 1 atom stereocenters. The van der Waals surface area contributed by atoms with Gasteiger partial charge in [0.25, 0.3) is 0 Å². The molecule has 0 aromatic heterocycles. The number of fused-ring (bicyclic) bond motifs is 1. The van der Waals surface area contributed by atoms with E-state index in [1.165, 1.54) is 5.56 Å². The molecule has 0 spiro atoms. The van der Waals surface area contributed by atoms with Crippen LogP contribution in [0.4, 0.5) is 5.69 Å². The van der Waals surface area contributed by atoms with Gasteiger partial charge < -0.3 is 10.1 Å². The molecule has 1 aromatic carbocycles. The quantitative estimate of drug-likeness (QED) is 0.901. The van der Waals surface area contributed by atoms with Crippen molar-refractivity contribution in [3.05, 3.63) is 23.8 Å². The average molecular weight is 281 g/mol. The van der Waals surface area contributed by atoms with Crippen molar-refractivity contribution in [2.24, 2.45) is 0 Å². The molecule has 1 aromatic rings. The Labute approximate surface area is 114 Å². The molecule has 3 rings (SSSR count). The topological polar surface area (TPSA) is 55.4 Å². The summed E-state index contributed by atoms with van der Waals surface area (Å²) >= 11 is 0. The molecular formula is C14H19NO3S. The Hall–Kier alpha value is -1.23. The van der Waals surface area contributed by atoms with Gasteiger partial charge in [-0.25, -0.2) is 8.42 Å². The van der Waals surface area contributed by atoms with Crippen LogP contribution in [0.2, 0.25) is 0 Å². The first-order chi connectivity index (χ1) is 8.98. The Morgan fingerprint density at radius 2 is 2.21 bits per heavy atom. The first-order valence-electron chi connectivity index (χ1n) is 6.73. The average Bonchev–Trinajstić information content (AvgIpc) is 2.75. The highest BCUT2D eigenvalue weighted by atomic mass is 32.2. The molecule has 2 aliphatic rings. The predicted octanol–water partition coefficient (Wildman–Crippen LogP) is 2.00. The van der Waals surface area contributed by atoms with E-state index in [-0.39, 0.29) is 5.75 Å². The Kier molecular flexibility index (Phi) is 2.96. The Morgan fingerprint density at radius 3 is 3.00 bits per heavy atom. The number of rotatable bonds is 2. The van der Waals surface area contributed by atoms with E-state index in [0.29, 0.717) is 12.2 Å². The van der Waals surface area contributed by atoms with Crippen LogP contribution in [-0.4, -0.2) is 32.1 Å². The minimum atomic E-state index is -2.97. The molecule has 1 fully saturated rings. The summed E-state index contributed by atoms with van der Waals surface area (Å²) in [6.07, 6.45) is 2.42. The van der Waals surface area contributed by atoms with Crippen molar-refractivity contribution >= 4 is 15.5 Å². The summed E-state index contributed by atoms with van der Waals surface area (Å²) in [5.74, 6) is 1.25. The van der Waals surface area contributed by atoms with E-state index in [1.807, 2.05) is 25.1 Å². The van der Waals surface area contributed by atoms with Crippen LogP contribution in [0.1, 0.15) is 25.3 Å². The lowest BCUT2D eigenvalue weighted by molar-refractivity contribution is 0.0967. The number of benzene rings is 1. The Morgan fingerprint density at radius 1 is 1.37 bits per heavy atom. The fraction of sp³-hybridized carbons (Fsp3) is 0.571. The van der Waals surface area contributed by atoms with E-state index in [1.54, 1.807) is 0 Å². The van der Waals surface area contributed by atoms with Crippen LogP contribution < -0.4 is 10.1 Å². The molecule has 2 heterocycles. The van der Waals surface area contributed by atoms with Crippen LogP contribution in [0, 0.1) is 0 Å². The maximum Gasteiger partial charge on any atom is 0.154 e.